The number of aryl methyl sites for hydroxylation is 1. The summed E-state index contributed by atoms with van der Waals surface area (Å²) in [6, 6.07) is 3.96. The zero-order valence-corrected chi connectivity index (χ0v) is 14.8. The first-order valence-electron chi connectivity index (χ1n) is 9.06. The van der Waals surface area contributed by atoms with Gasteiger partial charge in [-0.1, -0.05) is 6.92 Å². The summed E-state index contributed by atoms with van der Waals surface area (Å²) in [5, 5.41) is 11.1. The Hall–Kier alpha value is -2.37. The first-order chi connectivity index (χ1) is 12.0. The standard InChI is InChI=1S/C19H24N4O2/c1-3-4-17(24)23-10-14-5-6-19(14,11-23)18(25)21-15-8-13-9-20-22-16(13)7-12(15)2/h7-9,14H,3-6,10-11H2,1-2H3,(H,20,22)(H,21,25). The zero-order chi connectivity index (χ0) is 17.6. The third-order valence-corrected chi connectivity index (χ3v) is 5.94. The highest BCUT2D eigenvalue weighted by molar-refractivity contribution is 5.99. The maximum Gasteiger partial charge on any atom is 0.232 e. The predicted octanol–water partition coefficient (Wildman–Crippen LogP) is 2.85. The number of aromatic nitrogens is 2. The molecule has 2 unspecified atom stereocenters. The molecule has 1 aromatic heterocycles. The van der Waals surface area contributed by atoms with Gasteiger partial charge in [-0.3, -0.25) is 14.7 Å². The highest BCUT2D eigenvalue weighted by Gasteiger charge is 2.58. The lowest BCUT2D eigenvalue weighted by Crippen LogP contribution is -2.49. The van der Waals surface area contributed by atoms with Gasteiger partial charge in [0, 0.05) is 30.6 Å². The summed E-state index contributed by atoms with van der Waals surface area (Å²) >= 11 is 0. The van der Waals surface area contributed by atoms with Gasteiger partial charge in [0.05, 0.1) is 17.1 Å². The van der Waals surface area contributed by atoms with E-state index < -0.39 is 5.41 Å². The first-order valence-corrected chi connectivity index (χ1v) is 9.06. The Morgan fingerprint density at radius 3 is 3.00 bits per heavy atom. The quantitative estimate of drug-likeness (QED) is 0.898. The summed E-state index contributed by atoms with van der Waals surface area (Å²) in [5.74, 6) is 0.535. The molecular weight excluding hydrogens is 316 g/mol. The number of benzene rings is 1. The van der Waals surface area contributed by atoms with Crippen molar-refractivity contribution in [3.05, 3.63) is 23.9 Å². The van der Waals surface area contributed by atoms with Crippen LogP contribution in [0.3, 0.4) is 0 Å². The van der Waals surface area contributed by atoms with Gasteiger partial charge in [-0.05, 0) is 49.8 Å². The number of hydrogen-bond acceptors (Lipinski definition) is 3. The highest BCUT2D eigenvalue weighted by Crippen LogP contribution is 2.52. The topological polar surface area (TPSA) is 78.1 Å². The minimum Gasteiger partial charge on any atom is -0.341 e. The van der Waals surface area contributed by atoms with E-state index in [2.05, 4.69) is 15.5 Å². The van der Waals surface area contributed by atoms with Crippen molar-refractivity contribution in [2.75, 3.05) is 18.4 Å². The number of fused-ring (bicyclic) bond motifs is 2. The summed E-state index contributed by atoms with van der Waals surface area (Å²) < 4.78 is 0. The van der Waals surface area contributed by atoms with Crippen LogP contribution in [0.25, 0.3) is 10.9 Å². The van der Waals surface area contributed by atoms with Gasteiger partial charge < -0.3 is 10.2 Å². The van der Waals surface area contributed by atoms with Crippen LogP contribution >= 0.6 is 0 Å². The smallest absolute Gasteiger partial charge is 0.232 e. The number of carbonyl (C=O) groups is 2. The van der Waals surface area contributed by atoms with Crippen LogP contribution in [0.5, 0.6) is 0 Å². The normalized spacial score (nSPS) is 24.9. The maximum absolute atomic E-state index is 13.1. The van der Waals surface area contributed by atoms with Gasteiger partial charge in [0.2, 0.25) is 11.8 Å². The van der Waals surface area contributed by atoms with Crippen LogP contribution in [0.2, 0.25) is 0 Å². The van der Waals surface area contributed by atoms with Gasteiger partial charge >= 0.3 is 0 Å². The Kier molecular flexibility index (Phi) is 3.78. The molecule has 2 fully saturated rings. The molecule has 1 saturated heterocycles. The van der Waals surface area contributed by atoms with Crippen molar-refractivity contribution in [3.63, 3.8) is 0 Å². The number of anilines is 1. The molecular formula is C19H24N4O2. The summed E-state index contributed by atoms with van der Waals surface area (Å²) in [7, 11) is 0. The molecule has 0 bridgehead atoms. The second-order valence-corrected chi connectivity index (χ2v) is 7.49. The maximum atomic E-state index is 13.1. The van der Waals surface area contributed by atoms with E-state index in [1.165, 1.54) is 0 Å². The van der Waals surface area contributed by atoms with E-state index in [4.69, 9.17) is 0 Å². The van der Waals surface area contributed by atoms with Crippen molar-refractivity contribution in [1.82, 2.24) is 15.1 Å². The number of amides is 2. The van der Waals surface area contributed by atoms with Crippen LogP contribution in [-0.2, 0) is 9.59 Å². The van der Waals surface area contributed by atoms with Crippen LogP contribution < -0.4 is 5.32 Å². The Labute approximate surface area is 147 Å². The molecule has 2 amide bonds. The van der Waals surface area contributed by atoms with E-state index in [-0.39, 0.29) is 11.8 Å². The van der Waals surface area contributed by atoms with Gasteiger partial charge in [0.15, 0.2) is 0 Å². The monoisotopic (exact) mass is 340 g/mol. The van der Waals surface area contributed by atoms with Crippen molar-refractivity contribution >= 4 is 28.4 Å². The van der Waals surface area contributed by atoms with E-state index in [1.54, 1.807) is 6.20 Å². The van der Waals surface area contributed by atoms with E-state index in [9.17, 15) is 9.59 Å². The average molecular weight is 340 g/mol. The Morgan fingerprint density at radius 2 is 2.28 bits per heavy atom. The molecule has 1 aliphatic carbocycles. The third kappa shape index (κ3) is 2.51. The second-order valence-electron chi connectivity index (χ2n) is 7.49. The molecule has 2 heterocycles. The summed E-state index contributed by atoms with van der Waals surface area (Å²) in [4.78, 5) is 27.2. The molecule has 6 heteroatoms. The van der Waals surface area contributed by atoms with Crippen LogP contribution in [0.4, 0.5) is 5.69 Å². The van der Waals surface area contributed by atoms with Gasteiger partial charge in [-0.15, -0.1) is 0 Å². The Morgan fingerprint density at radius 1 is 1.44 bits per heavy atom. The molecule has 2 aliphatic rings. The molecule has 2 N–H and O–H groups in total. The fourth-order valence-corrected chi connectivity index (χ4v) is 4.26. The molecule has 1 aliphatic heterocycles. The number of nitrogens with zero attached hydrogens (tertiary/aromatic N) is 2. The first kappa shape index (κ1) is 16.1. The Bertz CT molecular complexity index is 843. The minimum atomic E-state index is -0.402. The molecule has 2 atom stereocenters. The Balaban J connectivity index is 1.54. The number of aromatic amines is 1. The summed E-state index contributed by atoms with van der Waals surface area (Å²) in [6.07, 6.45) is 5.08. The van der Waals surface area contributed by atoms with Crippen molar-refractivity contribution < 1.29 is 9.59 Å². The van der Waals surface area contributed by atoms with E-state index in [0.29, 0.717) is 18.9 Å². The van der Waals surface area contributed by atoms with Crippen LogP contribution in [0, 0.1) is 18.3 Å². The number of carbonyl (C=O) groups excluding carboxylic acids is 2. The van der Waals surface area contributed by atoms with Crippen molar-refractivity contribution in [2.24, 2.45) is 11.3 Å². The lowest BCUT2D eigenvalue weighted by Gasteiger charge is -2.42. The minimum absolute atomic E-state index is 0.0569. The highest BCUT2D eigenvalue weighted by atomic mass is 16.2. The number of nitrogens with one attached hydrogen (secondary N) is 2. The van der Waals surface area contributed by atoms with E-state index in [0.717, 1.165) is 48.0 Å². The SMILES string of the molecule is CCCC(=O)N1CC2CCC2(C(=O)Nc2cc3cn[nH]c3cc2C)C1. The predicted molar refractivity (Wildman–Crippen MR) is 96.1 cm³/mol. The molecule has 1 aromatic carbocycles. The zero-order valence-electron chi connectivity index (χ0n) is 14.8. The number of likely N-dealkylation sites (tertiary alicyclic amines) is 1. The van der Waals surface area contributed by atoms with Crippen LogP contribution in [-0.4, -0.2) is 40.0 Å². The molecule has 132 valence electrons. The van der Waals surface area contributed by atoms with Gasteiger partial charge in [-0.2, -0.15) is 5.10 Å². The molecule has 0 spiro atoms. The lowest BCUT2D eigenvalue weighted by molar-refractivity contribution is -0.133. The fraction of sp³-hybridized carbons (Fsp3) is 0.526. The molecule has 25 heavy (non-hydrogen) atoms. The van der Waals surface area contributed by atoms with Gasteiger partial charge in [0.1, 0.15) is 0 Å². The summed E-state index contributed by atoms with van der Waals surface area (Å²) in [6.45, 7) is 5.29. The second kappa shape index (κ2) is 5.86. The summed E-state index contributed by atoms with van der Waals surface area (Å²) in [5.41, 5.74) is 2.40. The van der Waals surface area contributed by atoms with Crippen LogP contribution in [0.1, 0.15) is 38.2 Å². The number of rotatable bonds is 4. The van der Waals surface area contributed by atoms with Gasteiger partial charge in [0.25, 0.3) is 0 Å². The molecule has 6 nitrogen and oxygen atoms in total. The van der Waals surface area contributed by atoms with E-state index >= 15 is 0 Å². The lowest BCUT2D eigenvalue weighted by atomic mass is 9.61. The largest absolute Gasteiger partial charge is 0.341 e. The van der Waals surface area contributed by atoms with Crippen molar-refractivity contribution in [1.29, 1.82) is 0 Å². The fourth-order valence-electron chi connectivity index (χ4n) is 4.26. The number of hydrogen-bond donors (Lipinski definition) is 2. The molecule has 1 saturated carbocycles. The van der Waals surface area contributed by atoms with Crippen molar-refractivity contribution in [2.45, 2.75) is 39.5 Å². The van der Waals surface area contributed by atoms with E-state index in [1.807, 2.05) is 30.9 Å². The molecule has 2 aromatic rings. The third-order valence-electron chi connectivity index (χ3n) is 5.94. The van der Waals surface area contributed by atoms with Crippen LogP contribution in [0.15, 0.2) is 18.3 Å². The average Bonchev–Trinajstić information content (AvgIpc) is 3.11. The molecule has 4 rings (SSSR count). The number of H-pyrrole nitrogens is 1. The van der Waals surface area contributed by atoms with Crippen molar-refractivity contribution in [3.8, 4) is 0 Å². The van der Waals surface area contributed by atoms with Gasteiger partial charge in [-0.25, -0.2) is 0 Å². The molecule has 0 radical (unpaired) electrons.